The van der Waals surface area contributed by atoms with Gasteiger partial charge in [-0.15, -0.1) is 17.9 Å². The average Bonchev–Trinajstić information content (AvgIpc) is 2.95. The number of hydrogen-bond donors (Lipinski definition) is 2. The number of carbonyl (C=O) groups is 1. The Bertz CT molecular complexity index is 1060. The van der Waals surface area contributed by atoms with E-state index < -0.39 is 0 Å². The Morgan fingerprint density at radius 3 is 3.00 bits per heavy atom. The first kappa shape index (κ1) is 16.3. The Labute approximate surface area is 146 Å². The van der Waals surface area contributed by atoms with Gasteiger partial charge in [0.15, 0.2) is 9.90 Å². The molecule has 0 aliphatic heterocycles. The smallest absolute Gasteiger partial charge is 0.262 e. The summed E-state index contributed by atoms with van der Waals surface area (Å²) in [7, 11) is 0. The number of thiazole rings is 1. The number of fused-ring (bicyclic) bond motifs is 1. The van der Waals surface area contributed by atoms with Crippen molar-refractivity contribution >= 4 is 45.5 Å². The molecule has 3 rings (SSSR count). The molecule has 0 aliphatic carbocycles. The molecule has 1 aromatic carbocycles. The lowest BCUT2D eigenvalue weighted by Gasteiger charge is -2.07. The molecule has 0 saturated heterocycles. The number of allylic oxidation sites excluding steroid dienone is 1. The van der Waals surface area contributed by atoms with E-state index in [0.29, 0.717) is 32.9 Å². The van der Waals surface area contributed by atoms with Gasteiger partial charge in [0.1, 0.15) is 0 Å². The molecule has 2 aromatic heterocycles. The lowest BCUT2D eigenvalue weighted by molar-refractivity contribution is 0.102. The van der Waals surface area contributed by atoms with Crippen LogP contribution in [0.15, 0.2) is 41.8 Å². The normalized spacial score (nSPS) is 10.7. The number of H-pyrrole nitrogens is 1. The van der Waals surface area contributed by atoms with Crippen molar-refractivity contribution in [2.45, 2.75) is 13.5 Å². The van der Waals surface area contributed by atoms with E-state index in [9.17, 15) is 9.59 Å². The van der Waals surface area contributed by atoms with Gasteiger partial charge in [-0.25, -0.2) is 4.98 Å². The molecule has 0 unspecified atom stereocenters. The minimum absolute atomic E-state index is 0.212. The highest BCUT2D eigenvalue weighted by atomic mass is 32.1. The van der Waals surface area contributed by atoms with E-state index in [1.54, 1.807) is 30.5 Å². The van der Waals surface area contributed by atoms with Gasteiger partial charge in [0.2, 0.25) is 0 Å². The zero-order valence-corrected chi connectivity index (χ0v) is 14.5. The van der Waals surface area contributed by atoms with Crippen LogP contribution in [-0.2, 0) is 6.54 Å². The topological polar surface area (TPSA) is 79.8 Å². The van der Waals surface area contributed by atoms with Gasteiger partial charge in [-0.05, 0) is 37.3 Å². The second kappa shape index (κ2) is 6.50. The van der Waals surface area contributed by atoms with Gasteiger partial charge >= 0.3 is 0 Å². The summed E-state index contributed by atoms with van der Waals surface area (Å²) in [5, 5.41) is 3.74. The van der Waals surface area contributed by atoms with Crippen LogP contribution in [-0.4, -0.2) is 20.4 Å². The number of amides is 1. The highest BCUT2D eigenvalue weighted by Gasteiger charge is 2.11. The van der Waals surface area contributed by atoms with Crippen LogP contribution in [0.2, 0.25) is 0 Å². The predicted molar refractivity (Wildman–Crippen MR) is 98.4 cm³/mol. The van der Waals surface area contributed by atoms with E-state index in [1.807, 2.05) is 6.92 Å². The summed E-state index contributed by atoms with van der Waals surface area (Å²) >= 11 is 6.60. The summed E-state index contributed by atoms with van der Waals surface area (Å²) in [6, 6.07) is 4.83. The second-order valence-corrected chi connectivity index (χ2v) is 6.75. The van der Waals surface area contributed by atoms with Gasteiger partial charge < -0.3 is 4.98 Å². The molecule has 24 heavy (non-hydrogen) atoms. The molecule has 0 saturated carbocycles. The van der Waals surface area contributed by atoms with E-state index in [2.05, 4.69) is 21.9 Å². The molecule has 0 aliphatic rings. The van der Waals surface area contributed by atoms with Crippen LogP contribution < -0.4 is 10.9 Å². The predicted octanol–water partition coefficient (Wildman–Crippen LogP) is 3.26. The molecule has 0 spiro atoms. The molecule has 122 valence electrons. The number of aryl methyl sites for hydroxylation is 1. The summed E-state index contributed by atoms with van der Waals surface area (Å²) in [4.78, 5) is 32.9. The second-order valence-electron chi connectivity index (χ2n) is 5.13. The third-order valence-electron chi connectivity index (χ3n) is 3.40. The van der Waals surface area contributed by atoms with Crippen LogP contribution in [0.25, 0.3) is 10.9 Å². The summed E-state index contributed by atoms with van der Waals surface area (Å²) < 4.78 is 1.71. The number of hydrogen-bond acceptors (Lipinski definition) is 5. The van der Waals surface area contributed by atoms with Gasteiger partial charge in [0.05, 0.1) is 10.9 Å². The number of carbonyl (C=O) groups excluding carboxylic acids is 1. The fraction of sp³-hybridized carbons (Fsp3) is 0.125. The van der Waals surface area contributed by atoms with E-state index >= 15 is 0 Å². The summed E-state index contributed by atoms with van der Waals surface area (Å²) in [6.07, 6.45) is 3.30. The fourth-order valence-electron chi connectivity index (χ4n) is 2.27. The number of aromatic amines is 1. The van der Waals surface area contributed by atoms with Crippen LogP contribution in [0, 0.1) is 11.7 Å². The summed E-state index contributed by atoms with van der Waals surface area (Å²) in [5.41, 5.74) is 0.728. The molecule has 0 fully saturated rings. The third kappa shape index (κ3) is 3.06. The number of anilines is 1. The maximum Gasteiger partial charge on any atom is 0.262 e. The molecule has 6 nitrogen and oxygen atoms in total. The van der Waals surface area contributed by atoms with Gasteiger partial charge in [-0.3, -0.25) is 19.5 Å². The Kier molecular flexibility index (Phi) is 4.41. The number of rotatable bonds is 4. The molecule has 0 atom stereocenters. The van der Waals surface area contributed by atoms with Gasteiger partial charge in [0, 0.05) is 23.2 Å². The average molecular weight is 358 g/mol. The molecule has 3 aromatic rings. The zero-order valence-electron chi connectivity index (χ0n) is 12.8. The van der Waals surface area contributed by atoms with Crippen LogP contribution in [0.3, 0.4) is 0 Å². The van der Waals surface area contributed by atoms with Crippen molar-refractivity contribution in [1.29, 1.82) is 0 Å². The van der Waals surface area contributed by atoms with Gasteiger partial charge in [-0.1, -0.05) is 6.08 Å². The Morgan fingerprint density at radius 1 is 1.54 bits per heavy atom. The lowest BCUT2D eigenvalue weighted by atomic mass is 10.1. The Morgan fingerprint density at radius 2 is 2.33 bits per heavy atom. The van der Waals surface area contributed by atoms with Crippen molar-refractivity contribution in [3.63, 3.8) is 0 Å². The largest absolute Gasteiger partial charge is 0.332 e. The van der Waals surface area contributed by atoms with Crippen molar-refractivity contribution in [1.82, 2.24) is 14.5 Å². The van der Waals surface area contributed by atoms with Crippen LogP contribution in [0.1, 0.15) is 15.2 Å². The van der Waals surface area contributed by atoms with E-state index in [4.69, 9.17) is 12.2 Å². The van der Waals surface area contributed by atoms with E-state index in [-0.39, 0.29) is 11.5 Å². The molecular weight excluding hydrogens is 344 g/mol. The molecule has 2 heterocycles. The highest BCUT2D eigenvalue weighted by Crippen LogP contribution is 2.18. The first-order chi connectivity index (χ1) is 11.5. The molecule has 0 radical (unpaired) electrons. The van der Waals surface area contributed by atoms with Crippen LogP contribution in [0.5, 0.6) is 0 Å². The van der Waals surface area contributed by atoms with Crippen LogP contribution >= 0.6 is 23.6 Å². The van der Waals surface area contributed by atoms with E-state index in [0.717, 1.165) is 4.88 Å². The summed E-state index contributed by atoms with van der Waals surface area (Å²) in [5.74, 6) is -0.291. The monoisotopic (exact) mass is 358 g/mol. The first-order valence-electron chi connectivity index (χ1n) is 7.11. The van der Waals surface area contributed by atoms with Gasteiger partial charge in [0.25, 0.3) is 11.5 Å². The third-order valence-corrected chi connectivity index (χ3v) is 4.55. The van der Waals surface area contributed by atoms with Crippen molar-refractivity contribution < 1.29 is 4.79 Å². The highest BCUT2D eigenvalue weighted by molar-refractivity contribution is 7.71. The zero-order chi connectivity index (χ0) is 17.3. The Hall–Kier alpha value is -2.58. The van der Waals surface area contributed by atoms with Crippen molar-refractivity contribution in [2.24, 2.45) is 0 Å². The minimum Gasteiger partial charge on any atom is -0.332 e. The van der Waals surface area contributed by atoms with Crippen molar-refractivity contribution in [2.75, 3.05) is 5.32 Å². The molecule has 1 amide bonds. The molecular formula is C16H14N4O2S2. The number of nitrogens with one attached hydrogen (secondary N) is 2. The first-order valence-corrected chi connectivity index (χ1v) is 8.33. The van der Waals surface area contributed by atoms with Crippen molar-refractivity contribution in [3.05, 3.63) is 62.6 Å². The Balaban J connectivity index is 2.01. The molecule has 0 bridgehead atoms. The van der Waals surface area contributed by atoms with Gasteiger partial charge in [-0.2, -0.15) is 0 Å². The molecule has 2 N–H and O–H groups in total. The number of aromatic nitrogens is 3. The summed E-state index contributed by atoms with van der Waals surface area (Å²) in [6.45, 7) is 5.86. The maximum absolute atomic E-state index is 12.4. The lowest BCUT2D eigenvalue weighted by Crippen LogP contribution is -2.22. The quantitative estimate of drug-likeness (QED) is 0.554. The number of benzene rings is 1. The molecule has 8 heteroatoms. The minimum atomic E-state index is -0.291. The fourth-order valence-corrected chi connectivity index (χ4v) is 3.20. The van der Waals surface area contributed by atoms with Crippen LogP contribution in [0.4, 0.5) is 5.13 Å². The maximum atomic E-state index is 12.4. The van der Waals surface area contributed by atoms with E-state index in [1.165, 1.54) is 15.9 Å². The standard InChI is InChI=1S/C16H14N4O2S2/c1-3-6-20-14(22)11-5-4-10(7-12(11)18-16(20)23)13(21)19-15-17-8-9(2)24-15/h3-5,7-8H,1,6H2,2H3,(H,18,23)(H,17,19,21). The number of nitrogens with zero attached hydrogens (tertiary/aromatic N) is 2. The SMILES string of the molecule is C=CCn1c(=S)[nH]c2cc(C(=O)Nc3ncc(C)s3)ccc2c1=O. The van der Waals surface area contributed by atoms with Crippen molar-refractivity contribution in [3.8, 4) is 0 Å².